The van der Waals surface area contributed by atoms with E-state index in [0.717, 1.165) is 12.3 Å². The number of aromatic amines is 1. The van der Waals surface area contributed by atoms with E-state index in [9.17, 15) is 29.6 Å². The average Bonchev–Trinajstić information content (AvgIpc) is 2.65. The lowest BCUT2D eigenvalue weighted by molar-refractivity contribution is -0.371. The summed E-state index contributed by atoms with van der Waals surface area (Å²) in [6.45, 7) is 0. The van der Waals surface area contributed by atoms with E-state index < -0.39 is 49.0 Å². The summed E-state index contributed by atoms with van der Waals surface area (Å²) >= 11 is 0. The highest BCUT2D eigenvalue weighted by molar-refractivity contribution is 7.46. The maximum Gasteiger partial charge on any atom is 0.488 e. The van der Waals surface area contributed by atoms with Crippen molar-refractivity contribution in [3.63, 3.8) is 0 Å². The first-order valence-electron chi connectivity index (χ1n) is 5.66. The predicted octanol–water partition coefficient (Wildman–Crippen LogP) is -3.17. The van der Waals surface area contributed by atoms with Gasteiger partial charge in [0.2, 0.25) is 0 Å². The Kier molecular flexibility index (Phi) is 4.62. The highest BCUT2D eigenvalue weighted by Crippen LogP contribution is 2.39. The Labute approximate surface area is 120 Å². The third-order valence-corrected chi connectivity index (χ3v) is 3.13. The number of hydrogen-bond donors (Lipinski definition) is 6. The van der Waals surface area contributed by atoms with Crippen LogP contribution in [0, 0.1) is 0 Å². The molecule has 124 valence electrons. The van der Waals surface area contributed by atoms with Crippen molar-refractivity contribution in [3.05, 3.63) is 33.1 Å². The molecule has 14 heteroatoms. The van der Waals surface area contributed by atoms with E-state index in [1.165, 1.54) is 0 Å². The van der Waals surface area contributed by atoms with E-state index in [4.69, 9.17) is 14.5 Å². The summed E-state index contributed by atoms with van der Waals surface area (Å²) in [5.74, 6) is 0. The molecule has 0 bridgehead atoms. The number of nitrogens with one attached hydrogen (secondary N) is 1. The van der Waals surface area contributed by atoms with Crippen LogP contribution in [0.15, 0.2) is 21.9 Å². The van der Waals surface area contributed by atoms with Gasteiger partial charge in [-0.25, -0.2) is 9.36 Å². The molecule has 0 aliphatic carbocycles. The van der Waals surface area contributed by atoms with Crippen LogP contribution in [-0.4, -0.2) is 58.4 Å². The molecule has 0 amide bonds. The molecule has 1 saturated heterocycles. The lowest BCUT2D eigenvalue weighted by atomic mass is 10.2. The predicted molar refractivity (Wildman–Crippen MR) is 64.0 cm³/mol. The van der Waals surface area contributed by atoms with Crippen LogP contribution in [0.5, 0.6) is 0 Å². The Morgan fingerprint density at radius 2 is 1.95 bits per heavy atom. The summed E-state index contributed by atoms with van der Waals surface area (Å²) in [5, 5.41) is 28.4. The van der Waals surface area contributed by atoms with E-state index in [1.54, 1.807) is 0 Å². The molecule has 0 unspecified atom stereocenters. The van der Waals surface area contributed by atoms with Crippen molar-refractivity contribution in [1.82, 2.24) is 14.8 Å². The Morgan fingerprint density at radius 3 is 2.50 bits per heavy atom. The smallest absolute Gasteiger partial charge is 0.386 e. The van der Waals surface area contributed by atoms with E-state index in [-0.39, 0.29) is 0 Å². The van der Waals surface area contributed by atoms with Gasteiger partial charge in [0.15, 0.2) is 12.5 Å². The lowest BCUT2D eigenvalue weighted by Gasteiger charge is -2.22. The fourth-order valence-electron chi connectivity index (χ4n) is 1.84. The maximum atomic E-state index is 11.6. The van der Waals surface area contributed by atoms with Crippen LogP contribution in [0.4, 0.5) is 0 Å². The fraction of sp³-hybridized carbons (Fsp3) is 0.500. The van der Waals surface area contributed by atoms with Crippen molar-refractivity contribution in [1.29, 1.82) is 0 Å². The van der Waals surface area contributed by atoms with Crippen molar-refractivity contribution < 1.29 is 39.1 Å². The molecular formula is C8H12N3O10P. The van der Waals surface area contributed by atoms with Gasteiger partial charge in [-0.3, -0.25) is 19.6 Å². The van der Waals surface area contributed by atoms with Crippen molar-refractivity contribution in [2.75, 3.05) is 0 Å². The highest BCUT2D eigenvalue weighted by atomic mass is 31.2. The molecule has 1 fully saturated rings. The Balaban J connectivity index is 2.25. The molecule has 0 saturated carbocycles. The lowest BCUT2D eigenvalue weighted by Crippen LogP contribution is -2.42. The molecule has 0 aromatic carbocycles. The Bertz CT molecular complexity index is 696. The monoisotopic (exact) mass is 341 g/mol. The number of nitrogens with zero attached hydrogens (tertiary/aromatic N) is 2. The number of aliphatic hydroxyl groups excluding tert-OH is 2. The fourth-order valence-corrected chi connectivity index (χ4v) is 2.15. The SMILES string of the molecule is O=c1ccn([C@@H]2O[C@H](N(O)OP(=O)(O)O)[C@@H](O)[C@H]2O)c(=O)[nH]1. The number of hydrogen-bond acceptors (Lipinski definition) is 9. The molecule has 6 N–H and O–H groups in total. The van der Waals surface area contributed by atoms with Crippen molar-refractivity contribution in [3.8, 4) is 0 Å². The second-order valence-electron chi connectivity index (χ2n) is 4.29. The van der Waals surface area contributed by atoms with E-state index >= 15 is 0 Å². The Morgan fingerprint density at radius 1 is 1.32 bits per heavy atom. The summed E-state index contributed by atoms with van der Waals surface area (Å²) < 4.78 is 20.1. The zero-order valence-electron chi connectivity index (χ0n) is 10.6. The topological polar surface area (TPSA) is 195 Å². The van der Waals surface area contributed by atoms with Gasteiger partial charge in [-0.2, -0.15) is 4.62 Å². The van der Waals surface area contributed by atoms with Crippen LogP contribution in [0.1, 0.15) is 6.23 Å². The van der Waals surface area contributed by atoms with E-state index in [1.807, 2.05) is 4.98 Å². The second-order valence-corrected chi connectivity index (χ2v) is 5.44. The zero-order valence-corrected chi connectivity index (χ0v) is 11.5. The van der Waals surface area contributed by atoms with Crippen molar-refractivity contribution >= 4 is 7.82 Å². The van der Waals surface area contributed by atoms with Crippen LogP contribution < -0.4 is 11.2 Å². The van der Waals surface area contributed by atoms with Crippen LogP contribution in [0.3, 0.4) is 0 Å². The molecule has 2 rings (SSSR count). The molecule has 2 heterocycles. The van der Waals surface area contributed by atoms with Gasteiger partial charge >= 0.3 is 13.5 Å². The largest absolute Gasteiger partial charge is 0.488 e. The maximum absolute atomic E-state index is 11.6. The van der Waals surface area contributed by atoms with Gasteiger partial charge in [0.05, 0.1) is 0 Å². The molecule has 1 aromatic heterocycles. The van der Waals surface area contributed by atoms with Crippen LogP contribution in [0.2, 0.25) is 0 Å². The second kappa shape index (κ2) is 6.00. The summed E-state index contributed by atoms with van der Waals surface area (Å²) in [6.07, 6.45) is -6.11. The van der Waals surface area contributed by atoms with Crippen LogP contribution >= 0.6 is 7.82 Å². The number of hydroxylamine groups is 2. The molecule has 4 atom stereocenters. The quantitative estimate of drug-likeness (QED) is 0.239. The average molecular weight is 341 g/mol. The minimum atomic E-state index is -5.14. The van der Waals surface area contributed by atoms with E-state index in [2.05, 4.69) is 4.62 Å². The summed E-state index contributed by atoms with van der Waals surface area (Å²) in [7, 11) is -5.14. The van der Waals surface area contributed by atoms with Gasteiger partial charge < -0.3 is 24.7 Å². The van der Waals surface area contributed by atoms with Crippen molar-refractivity contribution in [2.24, 2.45) is 0 Å². The number of H-pyrrole nitrogens is 1. The first-order chi connectivity index (χ1) is 10.1. The minimum Gasteiger partial charge on any atom is -0.386 e. The van der Waals surface area contributed by atoms with Crippen LogP contribution in [0.25, 0.3) is 0 Å². The number of aliphatic hydroxyl groups is 2. The van der Waals surface area contributed by atoms with Gasteiger partial charge in [0.25, 0.3) is 5.56 Å². The molecule has 0 radical (unpaired) electrons. The van der Waals surface area contributed by atoms with Gasteiger partial charge in [-0.15, -0.1) is 0 Å². The van der Waals surface area contributed by atoms with Gasteiger partial charge in [-0.1, -0.05) is 0 Å². The number of ether oxygens (including phenoxy) is 1. The van der Waals surface area contributed by atoms with Crippen LogP contribution in [-0.2, 0) is 13.9 Å². The summed E-state index contributed by atoms with van der Waals surface area (Å²) in [5.41, 5.74) is -1.68. The molecular weight excluding hydrogens is 329 g/mol. The molecule has 1 aliphatic heterocycles. The van der Waals surface area contributed by atoms with E-state index in [0.29, 0.717) is 4.57 Å². The standard InChI is InChI=1S/C8H12N3O10P/c12-3-1-2-10(8(15)9-3)6-4(13)5(14)7(20-6)11(16)21-22(17,18)19/h1-2,4-7,13-14,16H,(H,9,12,15)(H2,17,18,19)/t4-,5+,6-,7+/m1/s1. The molecule has 1 aromatic rings. The van der Waals surface area contributed by atoms with Gasteiger partial charge in [0, 0.05) is 12.3 Å². The first kappa shape index (κ1) is 17.0. The third kappa shape index (κ3) is 3.49. The van der Waals surface area contributed by atoms with Crippen molar-refractivity contribution in [2.45, 2.75) is 24.7 Å². The third-order valence-electron chi connectivity index (χ3n) is 2.75. The number of rotatable bonds is 4. The number of phosphoric acid groups is 1. The Hall–Kier alpha value is -1.41. The molecule has 22 heavy (non-hydrogen) atoms. The molecule has 13 nitrogen and oxygen atoms in total. The summed E-state index contributed by atoms with van der Waals surface area (Å²) in [6, 6.07) is 0.944. The summed E-state index contributed by atoms with van der Waals surface area (Å²) in [4.78, 5) is 41.5. The van der Waals surface area contributed by atoms with Gasteiger partial charge in [0.1, 0.15) is 12.2 Å². The number of aromatic nitrogens is 2. The minimum absolute atomic E-state index is 0.467. The molecule has 1 aliphatic rings. The van der Waals surface area contributed by atoms with Gasteiger partial charge in [-0.05, 0) is 5.23 Å². The first-order valence-corrected chi connectivity index (χ1v) is 7.19. The normalized spacial score (nSPS) is 29.2. The molecule has 0 spiro atoms. The highest BCUT2D eigenvalue weighted by Gasteiger charge is 2.48. The zero-order chi connectivity index (χ0) is 16.7.